The molecule has 2 aromatic rings. The van der Waals surface area contributed by atoms with Crippen molar-refractivity contribution < 1.29 is 4.79 Å². The third-order valence-corrected chi connectivity index (χ3v) is 3.22. The molecule has 0 heterocycles. The Bertz CT molecular complexity index is 635. The smallest absolute Gasteiger partial charge is 0.257 e. The van der Waals surface area contributed by atoms with Crippen molar-refractivity contribution >= 4 is 23.0 Å². The van der Waals surface area contributed by atoms with Gasteiger partial charge < -0.3 is 15.6 Å². The summed E-state index contributed by atoms with van der Waals surface area (Å²) in [5.74, 6) is 5.26. The van der Waals surface area contributed by atoms with Gasteiger partial charge in [-0.2, -0.15) is 0 Å². The monoisotopic (exact) mass is 284 g/mol. The summed E-state index contributed by atoms with van der Waals surface area (Å²) < 4.78 is 0. The topological polar surface area (TPSA) is 70.4 Å². The molecule has 0 aliphatic heterocycles. The maximum atomic E-state index is 12.3. The molecule has 1 amide bonds. The number of carbonyl (C=O) groups excluding carboxylic acids is 1. The second kappa shape index (κ2) is 6.28. The first-order chi connectivity index (χ1) is 10.0. The first-order valence-corrected chi connectivity index (χ1v) is 6.67. The fourth-order valence-electron chi connectivity index (χ4n) is 2.01. The number of nitrogens with zero attached hydrogens (tertiary/aromatic N) is 1. The fourth-order valence-corrected chi connectivity index (χ4v) is 2.01. The van der Waals surface area contributed by atoms with Crippen LogP contribution < -0.4 is 21.5 Å². The third-order valence-electron chi connectivity index (χ3n) is 3.22. The first kappa shape index (κ1) is 14.9. The van der Waals surface area contributed by atoms with Crippen molar-refractivity contribution in [3.63, 3.8) is 0 Å². The van der Waals surface area contributed by atoms with Crippen LogP contribution in [-0.4, -0.2) is 20.0 Å². The molecule has 2 aromatic carbocycles. The van der Waals surface area contributed by atoms with E-state index in [4.69, 9.17) is 5.84 Å². The van der Waals surface area contributed by atoms with Gasteiger partial charge in [-0.1, -0.05) is 11.6 Å². The lowest BCUT2D eigenvalue weighted by atomic mass is 10.1. The highest BCUT2D eigenvalue weighted by Crippen LogP contribution is 2.20. The first-order valence-electron chi connectivity index (χ1n) is 6.67. The summed E-state index contributed by atoms with van der Waals surface area (Å²) >= 11 is 0. The van der Waals surface area contributed by atoms with Gasteiger partial charge in [-0.3, -0.25) is 10.6 Å². The molecule has 110 valence electrons. The normalized spacial score (nSPS) is 10.1. The van der Waals surface area contributed by atoms with Crippen LogP contribution >= 0.6 is 0 Å². The van der Waals surface area contributed by atoms with Crippen molar-refractivity contribution in [2.24, 2.45) is 5.84 Å². The number of anilines is 3. The van der Waals surface area contributed by atoms with Gasteiger partial charge in [-0.15, -0.1) is 0 Å². The van der Waals surface area contributed by atoms with Crippen LogP contribution in [-0.2, 0) is 0 Å². The van der Waals surface area contributed by atoms with E-state index in [9.17, 15) is 4.79 Å². The van der Waals surface area contributed by atoms with Crippen LogP contribution in [0.3, 0.4) is 0 Å². The van der Waals surface area contributed by atoms with Crippen molar-refractivity contribution in [2.45, 2.75) is 6.92 Å². The Hall–Kier alpha value is -2.53. The molecule has 0 atom stereocenters. The summed E-state index contributed by atoms with van der Waals surface area (Å²) in [6.45, 7) is 1.93. The Morgan fingerprint density at radius 2 is 1.76 bits per heavy atom. The Labute approximate surface area is 124 Å². The predicted molar refractivity (Wildman–Crippen MR) is 87.7 cm³/mol. The summed E-state index contributed by atoms with van der Waals surface area (Å²) in [5, 5.41) is 2.87. The minimum atomic E-state index is -0.191. The van der Waals surface area contributed by atoms with Crippen LogP contribution in [0.5, 0.6) is 0 Å². The van der Waals surface area contributed by atoms with Gasteiger partial charge >= 0.3 is 0 Å². The number of hydrogen-bond donors (Lipinski definition) is 3. The number of aryl methyl sites for hydroxylation is 1. The predicted octanol–water partition coefficient (Wildman–Crippen LogP) is 2.60. The van der Waals surface area contributed by atoms with Crippen molar-refractivity contribution in [3.05, 3.63) is 53.6 Å². The molecule has 21 heavy (non-hydrogen) atoms. The van der Waals surface area contributed by atoms with Crippen LogP contribution in [0.1, 0.15) is 15.9 Å². The molecule has 0 fully saturated rings. The lowest BCUT2D eigenvalue weighted by Crippen LogP contribution is -2.17. The molecule has 0 spiro atoms. The number of nitrogens with one attached hydrogen (secondary N) is 2. The van der Waals surface area contributed by atoms with Crippen molar-refractivity contribution in [1.82, 2.24) is 0 Å². The second-order valence-corrected chi connectivity index (χ2v) is 5.09. The summed E-state index contributed by atoms with van der Waals surface area (Å²) in [5.41, 5.74) is 6.49. The van der Waals surface area contributed by atoms with E-state index in [1.807, 2.05) is 56.3 Å². The van der Waals surface area contributed by atoms with Crippen molar-refractivity contribution in [3.8, 4) is 0 Å². The number of nitrogens with two attached hydrogens (primary N) is 1. The van der Waals surface area contributed by atoms with E-state index >= 15 is 0 Å². The van der Waals surface area contributed by atoms with Crippen LogP contribution in [0.25, 0.3) is 0 Å². The fraction of sp³-hybridized carbons (Fsp3) is 0.188. The van der Waals surface area contributed by atoms with Crippen LogP contribution in [0.4, 0.5) is 17.1 Å². The van der Waals surface area contributed by atoms with Crippen molar-refractivity contribution in [1.29, 1.82) is 0 Å². The minimum absolute atomic E-state index is 0.191. The molecule has 0 aliphatic rings. The maximum Gasteiger partial charge on any atom is 0.257 e. The van der Waals surface area contributed by atoms with Gasteiger partial charge in [0.25, 0.3) is 5.91 Å². The number of nitrogen functional groups attached to an aromatic ring is 1. The molecule has 0 bridgehead atoms. The molecule has 0 saturated carbocycles. The number of benzene rings is 2. The summed E-state index contributed by atoms with van der Waals surface area (Å²) in [7, 11) is 3.94. The van der Waals surface area contributed by atoms with E-state index in [0.29, 0.717) is 11.3 Å². The summed E-state index contributed by atoms with van der Waals surface area (Å²) in [6.07, 6.45) is 0. The zero-order valence-corrected chi connectivity index (χ0v) is 12.5. The highest BCUT2D eigenvalue weighted by Gasteiger charge is 2.11. The van der Waals surface area contributed by atoms with Gasteiger partial charge in [-0.05, 0) is 43.3 Å². The van der Waals surface area contributed by atoms with Gasteiger partial charge in [0, 0.05) is 25.5 Å². The van der Waals surface area contributed by atoms with Gasteiger partial charge in [0.1, 0.15) is 0 Å². The van der Waals surface area contributed by atoms with Gasteiger partial charge in [-0.25, -0.2) is 0 Å². The number of rotatable bonds is 4. The highest BCUT2D eigenvalue weighted by molar-refractivity contribution is 6.08. The van der Waals surface area contributed by atoms with Gasteiger partial charge in [0.15, 0.2) is 0 Å². The zero-order valence-electron chi connectivity index (χ0n) is 12.5. The van der Waals surface area contributed by atoms with E-state index in [1.165, 1.54) is 0 Å². The average Bonchev–Trinajstić information content (AvgIpc) is 2.47. The molecule has 0 aromatic heterocycles. The van der Waals surface area contributed by atoms with E-state index in [0.717, 1.165) is 16.9 Å². The van der Waals surface area contributed by atoms with E-state index < -0.39 is 0 Å². The largest absolute Gasteiger partial charge is 0.378 e. The van der Waals surface area contributed by atoms with E-state index in [-0.39, 0.29) is 5.91 Å². The molecule has 0 aliphatic carbocycles. The van der Waals surface area contributed by atoms with Gasteiger partial charge in [0.05, 0.1) is 11.3 Å². The molecule has 4 N–H and O–H groups in total. The molecule has 0 radical (unpaired) electrons. The lowest BCUT2D eigenvalue weighted by Gasteiger charge is -2.14. The molecular weight excluding hydrogens is 264 g/mol. The van der Waals surface area contributed by atoms with Gasteiger partial charge in [0.2, 0.25) is 0 Å². The Kier molecular flexibility index (Phi) is 4.45. The Balaban J connectivity index is 2.19. The third kappa shape index (κ3) is 3.52. The minimum Gasteiger partial charge on any atom is -0.378 e. The summed E-state index contributed by atoms with van der Waals surface area (Å²) in [4.78, 5) is 14.4. The Morgan fingerprint density at radius 1 is 1.10 bits per heavy atom. The number of amides is 1. The van der Waals surface area contributed by atoms with E-state index in [1.54, 1.807) is 12.1 Å². The standard InChI is InChI=1S/C16H20N4O/c1-11-4-9-15(19-17)14(10-11)16(21)18-12-5-7-13(8-6-12)20(2)3/h4-10,19H,17H2,1-3H3,(H,18,21). The SMILES string of the molecule is Cc1ccc(NN)c(C(=O)Nc2ccc(N(C)C)cc2)c1. The quantitative estimate of drug-likeness (QED) is 0.596. The molecule has 5 heteroatoms. The van der Waals surface area contributed by atoms with Crippen LogP contribution in [0.15, 0.2) is 42.5 Å². The molecular formula is C16H20N4O. The average molecular weight is 284 g/mol. The Morgan fingerprint density at radius 3 is 2.33 bits per heavy atom. The van der Waals surface area contributed by atoms with Crippen LogP contribution in [0.2, 0.25) is 0 Å². The molecule has 0 saturated heterocycles. The molecule has 0 unspecified atom stereocenters. The maximum absolute atomic E-state index is 12.3. The van der Waals surface area contributed by atoms with Crippen molar-refractivity contribution in [2.75, 3.05) is 29.7 Å². The summed E-state index contributed by atoms with van der Waals surface area (Å²) in [6, 6.07) is 13.1. The second-order valence-electron chi connectivity index (χ2n) is 5.09. The number of carbonyl (C=O) groups is 1. The molecule has 5 nitrogen and oxygen atoms in total. The number of hydrogen-bond acceptors (Lipinski definition) is 4. The zero-order chi connectivity index (χ0) is 15.4. The lowest BCUT2D eigenvalue weighted by molar-refractivity contribution is 0.102. The van der Waals surface area contributed by atoms with Crippen LogP contribution in [0, 0.1) is 6.92 Å². The highest BCUT2D eigenvalue weighted by atomic mass is 16.1. The molecule has 2 rings (SSSR count). The van der Waals surface area contributed by atoms with E-state index in [2.05, 4.69) is 10.7 Å². The number of hydrazine groups is 1.